The van der Waals surface area contributed by atoms with Gasteiger partial charge in [0.2, 0.25) is 0 Å². The number of anilines is 1. The number of pyridine rings is 1. The van der Waals surface area contributed by atoms with E-state index in [1.54, 1.807) is 5.51 Å². The maximum absolute atomic E-state index is 4.48. The van der Waals surface area contributed by atoms with Crippen molar-refractivity contribution in [3.63, 3.8) is 0 Å². The summed E-state index contributed by atoms with van der Waals surface area (Å²) in [5.74, 6) is 0. The van der Waals surface area contributed by atoms with Crippen LogP contribution in [0.2, 0.25) is 0 Å². The fourth-order valence-corrected chi connectivity index (χ4v) is 3.37. The molecule has 0 aromatic carbocycles. The van der Waals surface area contributed by atoms with Gasteiger partial charge in [-0.2, -0.15) is 0 Å². The predicted octanol–water partition coefficient (Wildman–Crippen LogP) is 2.25. The van der Waals surface area contributed by atoms with Crippen LogP contribution >= 0.6 is 11.3 Å². The minimum atomic E-state index is 0.436. The summed E-state index contributed by atoms with van der Waals surface area (Å²) in [7, 11) is 0. The van der Waals surface area contributed by atoms with Crippen LogP contribution < -0.4 is 10.6 Å². The molecule has 0 unspecified atom stereocenters. The molecule has 1 atom stereocenters. The first-order chi connectivity index (χ1) is 10.4. The molecule has 1 fully saturated rings. The minimum Gasteiger partial charge on any atom is -0.380 e. The molecule has 1 aliphatic heterocycles. The molecule has 1 aliphatic rings. The van der Waals surface area contributed by atoms with Gasteiger partial charge in [-0.1, -0.05) is 11.3 Å². The summed E-state index contributed by atoms with van der Waals surface area (Å²) in [5, 5.41) is 17.3. The Morgan fingerprint density at radius 1 is 1.38 bits per heavy atom. The zero-order chi connectivity index (χ0) is 14.1. The van der Waals surface area contributed by atoms with Crippen LogP contribution in [0.1, 0.15) is 12.8 Å². The highest BCUT2D eigenvalue weighted by molar-refractivity contribution is 7.12. The van der Waals surface area contributed by atoms with Crippen LogP contribution in [0, 0.1) is 0 Å². The molecule has 0 saturated carbocycles. The van der Waals surface area contributed by atoms with Crippen molar-refractivity contribution in [3.05, 3.63) is 24.0 Å². The molecule has 0 bridgehead atoms. The number of aromatic amines is 1. The number of rotatable bonds is 3. The van der Waals surface area contributed by atoms with E-state index in [0.717, 1.165) is 40.4 Å². The molecule has 7 heteroatoms. The van der Waals surface area contributed by atoms with E-state index in [0.29, 0.717) is 6.04 Å². The van der Waals surface area contributed by atoms with E-state index in [2.05, 4.69) is 36.9 Å². The summed E-state index contributed by atoms with van der Waals surface area (Å²) >= 11 is 1.54. The van der Waals surface area contributed by atoms with Gasteiger partial charge in [-0.15, -0.1) is 10.2 Å². The van der Waals surface area contributed by atoms with Gasteiger partial charge in [-0.3, -0.25) is 0 Å². The third kappa shape index (κ3) is 2.38. The lowest BCUT2D eigenvalue weighted by atomic mass is 10.1. The number of nitrogens with zero attached hydrogens (tertiary/aromatic N) is 3. The number of hydrogen-bond acceptors (Lipinski definition) is 6. The standard InChI is InChI=1S/C14H16N6S/c1-2-9(6-15-4-1)19-12-10-3-5-16-13(10)17-7-11(12)14-20-18-8-21-14/h3,5,7-9,15H,1-2,4,6H2,(H2,16,17,19)/t9-/m1/s1. The molecule has 3 aromatic heterocycles. The van der Waals surface area contributed by atoms with E-state index in [9.17, 15) is 0 Å². The van der Waals surface area contributed by atoms with Crippen molar-refractivity contribution in [1.82, 2.24) is 25.5 Å². The van der Waals surface area contributed by atoms with E-state index in [4.69, 9.17) is 0 Å². The molecular formula is C14H16N6S. The van der Waals surface area contributed by atoms with Gasteiger partial charge in [0.25, 0.3) is 0 Å². The van der Waals surface area contributed by atoms with Crippen LogP contribution in [0.3, 0.4) is 0 Å². The third-order valence-electron chi connectivity index (χ3n) is 3.82. The Hall–Kier alpha value is -1.99. The Kier molecular flexibility index (Phi) is 3.28. The summed E-state index contributed by atoms with van der Waals surface area (Å²) < 4.78 is 0. The first-order valence-electron chi connectivity index (χ1n) is 7.12. The van der Waals surface area contributed by atoms with Crippen molar-refractivity contribution < 1.29 is 0 Å². The lowest BCUT2D eigenvalue weighted by Gasteiger charge is -2.26. The molecule has 6 nitrogen and oxygen atoms in total. The SMILES string of the molecule is c1cc2c(N[C@@H]3CCCNC3)c(-c3nncs3)cnc2[nH]1. The lowest BCUT2D eigenvalue weighted by molar-refractivity contribution is 0.480. The van der Waals surface area contributed by atoms with Gasteiger partial charge in [0.05, 0.1) is 11.3 Å². The number of nitrogens with one attached hydrogen (secondary N) is 3. The van der Waals surface area contributed by atoms with Gasteiger partial charge < -0.3 is 15.6 Å². The normalized spacial score (nSPS) is 19.0. The molecule has 0 spiro atoms. The van der Waals surface area contributed by atoms with Crippen molar-refractivity contribution >= 4 is 28.1 Å². The van der Waals surface area contributed by atoms with Crippen LogP contribution in [-0.2, 0) is 0 Å². The van der Waals surface area contributed by atoms with Crippen LogP contribution in [0.25, 0.3) is 21.6 Å². The Morgan fingerprint density at radius 3 is 3.19 bits per heavy atom. The van der Waals surface area contributed by atoms with E-state index in [1.165, 1.54) is 24.2 Å². The van der Waals surface area contributed by atoms with Crippen LogP contribution in [0.4, 0.5) is 5.69 Å². The fourth-order valence-electron chi connectivity index (χ4n) is 2.80. The van der Waals surface area contributed by atoms with Crippen LogP contribution in [0.5, 0.6) is 0 Å². The van der Waals surface area contributed by atoms with Gasteiger partial charge in [-0.05, 0) is 25.5 Å². The van der Waals surface area contributed by atoms with Gasteiger partial charge >= 0.3 is 0 Å². The Balaban J connectivity index is 1.79. The highest BCUT2D eigenvalue weighted by Gasteiger charge is 2.18. The zero-order valence-electron chi connectivity index (χ0n) is 11.5. The smallest absolute Gasteiger partial charge is 0.151 e. The molecule has 3 N–H and O–H groups in total. The predicted molar refractivity (Wildman–Crippen MR) is 84.5 cm³/mol. The number of piperidine rings is 1. The number of H-pyrrole nitrogens is 1. The van der Waals surface area contributed by atoms with E-state index in [-0.39, 0.29) is 0 Å². The number of hydrogen-bond donors (Lipinski definition) is 3. The molecule has 21 heavy (non-hydrogen) atoms. The second-order valence-electron chi connectivity index (χ2n) is 5.22. The zero-order valence-corrected chi connectivity index (χ0v) is 12.3. The molecule has 3 aromatic rings. The van der Waals surface area contributed by atoms with E-state index in [1.807, 2.05) is 12.4 Å². The minimum absolute atomic E-state index is 0.436. The van der Waals surface area contributed by atoms with Gasteiger partial charge in [0, 0.05) is 30.4 Å². The largest absolute Gasteiger partial charge is 0.380 e. The molecule has 108 valence electrons. The highest BCUT2D eigenvalue weighted by Crippen LogP contribution is 2.34. The quantitative estimate of drug-likeness (QED) is 0.691. The van der Waals surface area contributed by atoms with Crippen molar-refractivity contribution in [3.8, 4) is 10.6 Å². The molecule has 4 heterocycles. The molecule has 1 saturated heterocycles. The maximum atomic E-state index is 4.48. The summed E-state index contributed by atoms with van der Waals surface area (Å²) in [6.07, 6.45) is 6.17. The fraction of sp³-hybridized carbons (Fsp3) is 0.357. The Bertz CT molecular complexity index is 729. The average Bonchev–Trinajstić information content (AvgIpc) is 3.20. The average molecular weight is 300 g/mol. The van der Waals surface area contributed by atoms with Gasteiger partial charge in [-0.25, -0.2) is 4.98 Å². The summed E-state index contributed by atoms with van der Waals surface area (Å²) in [5.41, 5.74) is 4.78. The van der Waals surface area contributed by atoms with Crippen molar-refractivity contribution in [2.75, 3.05) is 18.4 Å². The topological polar surface area (TPSA) is 78.5 Å². The molecule has 0 aliphatic carbocycles. The van der Waals surface area contributed by atoms with Crippen molar-refractivity contribution in [2.45, 2.75) is 18.9 Å². The molecular weight excluding hydrogens is 284 g/mol. The van der Waals surface area contributed by atoms with Gasteiger partial charge in [0.1, 0.15) is 11.2 Å². The van der Waals surface area contributed by atoms with Gasteiger partial charge in [0.15, 0.2) is 5.01 Å². The molecule has 0 amide bonds. The summed E-state index contributed by atoms with van der Waals surface area (Å²) in [4.78, 5) is 7.65. The number of aromatic nitrogens is 4. The summed E-state index contributed by atoms with van der Waals surface area (Å²) in [6, 6.07) is 2.50. The van der Waals surface area contributed by atoms with Crippen molar-refractivity contribution in [2.24, 2.45) is 0 Å². The Morgan fingerprint density at radius 2 is 2.38 bits per heavy atom. The second-order valence-corrected chi connectivity index (χ2v) is 6.05. The highest BCUT2D eigenvalue weighted by atomic mass is 32.1. The maximum Gasteiger partial charge on any atom is 0.151 e. The van der Waals surface area contributed by atoms with Crippen LogP contribution in [-0.4, -0.2) is 39.3 Å². The van der Waals surface area contributed by atoms with Crippen LogP contribution in [0.15, 0.2) is 24.0 Å². The first kappa shape index (κ1) is 12.7. The molecule has 4 rings (SSSR count). The number of fused-ring (bicyclic) bond motifs is 1. The van der Waals surface area contributed by atoms with E-state index < -0.39 is 0 Å². The Labute approximate surface area is 126 Å². The summed E-state index contributed by atoms with van der Waals surface area (Å²) in [6.45, 7) is 2.10. The monoisotopic (exact) mass is 300 g/mol. The molecule has 0 radical (unpaired) electrons. The second kappa shape index (κ2) is 5.42. The third-order valence-corrected chi connectivity index (χ3v) is 4.55. The lowest BCUT2D eigenvalue weighted by Crippen LogP contribution is -2.38. The van der Waals surface area contributed by atoms with Crippen molar-refractivity contribution in [1.29, 1.82) is 0 Å². The first-order valence-corrected chi connectivity index (χ1v) is 7.99. The van der Waals surface area contributed by atoms with E-state index >= 15 is 0 Å².